The van der Waals surface area contributed by atoms with E-state index in [0.29, 0.717) is 12.5 Å². The van der Waals surface area contributed by atoms with Gasteiger partial charge in [0.25, 0.3) is 0 Å². The smallest absolute Gasteiger partial charge is 0.225 e. The quantitative estimate of drug-likeness (QED) is 0.319. The number of imidazole rings is 1. The molecule has 0 bridgehead atoms. The number of hydrogen-bond acceptors (Lipinski definition) is 4. The third-order valence-electron chi connectivity index (χ3n) is 6.44. The van der Waals surface area contributed by atoms with Crippen molar-refractivity contribution in [1.29, 1.82) is 0 Å². The van der Waals surface area contributed by atoms with Crippen molar-refractivity contribution in [3.63, 3.8) is 0 Å². The van der Waals surface area contributed by atoms with E-state index in [-0.39, 0.29) is 35.9 Å². The number of nitrogens with one attached hydrogen (secondary N) is 2. The van der Waals surface area contributed by atoms with Gasteiger partial charge < -0.3 is 15.5 Å². The Morgan fingerprint density at radius 3 is 2.67 bits per heavy atom. The average Bonchev–Trinajstić information content (AvgIpc) is 3.47. The van der Waals surface area contributed by atoms with E-state index in [4.69, 9.17) is 4.99 Å². The molecule has 8 nitrogen and oxygen atoms in total. The highest BCUT2D eigenvalue weighted by atomic mass is 127. The number of carbonyl (C=O) groups excluding carboxylic acids is 1. The van der Waals surface area contributed by atoms with Gasteiger partial charge in [-0.2, -0.15) is 0 Å². The number of likely N-dealkylation sites (tertiary alicyclic amines) is 1. The van der Waals surface area contributed by atoms with Gasteiger partial charge in [0.1, 0.15) is 11.6 Å². The van der Waals surface area contributed by atoms with Crippen molar-refractivity contribution < 1.29 is 4.79 Å². The van der Waals surface area contributed by atoms with Crippen LogP contribution < -0.4 is 10.6 Å². The van der Waals surface area contributed by atoms with Crippen LogP contribution in [0.1, 0.15) is 56.8 Å². The van der Waals surface area contributed by atoms with Crippen LogP contribution in [0.5, 0.6) is 0 Å². The van der Waals surface area contributed by atoms with Crippen LogP contribution in [0.15, 0.2) is 35.7 Å². The molecule has 4 rings (SSSR count). The molecule has 1 unspecified atom stereocenters. The van der Waals surface area contributed by atoms with Crippen molar-refractivity contribution in [3.05, 3.63) is 42.1 Å². The topological polar surface area (TPSA) is 87.4 Å². The summed E-state index contributed by atoms with van der Waals surface area (Å²) in [5.41, 5.74) is 1.05. The summed E-state index contributed by atoms with van der Waals surface area (Å²) in [5.74, 6) is 3.15. The molecule has 1 amide bonds. The van der Waals surface area contributed by atoms with Gasteiger partial charge in [-0.15, -0.1) is 24.0 Å². The Balaban J connectivity index is 0.00000306. The fourth-order valence-corrected chi connectivity index (χ4v) is 4.64. The maximum atomic E-state index is 12.8. The third kappa shape index (κ3) is 6.68. The summed E-state index contributed by atoms with van der Waals surface area (Å²) in [5, 5.41) is 6.86. The molecule has 0 aromatic carbocycles. The average molecular weight is 566 g/mol. The number of rotatable bonds is 6. The van der Waals surface area contributed by atoms with Gasteiger partial charge in [-0.25, -0.2) is 15.0 Å². The first-order valence-corrected chi connectivity index (χ1v) is 11.9. The van der Waals surface area contributed by atoms with Crippen LogP contribution in [-0.2, 0) is 11.3 Å². The molecule has 2 aromatic rings. The zero-order valence-corrected chi connectivity index (χ0v) is 22.0. The van der Waals surface area contributed by atoms with Crippen molar-refractivity contribution in [2.45, 2.75) is 65.0 Å². The summed E-state index contributed by atoms with van der Waals surface area (Å²) in [6, 6.07) is 4.28. The molecular weight excluding hydrogens is 529 g/mol. The second kappa shape index (κ2) is 12.3. The standard InChI is InChI=1S/C24H35N7O.HI/c1-3-25-24(28-16-19-9-10-22(27-15-19)31-14-12-26-18(31)2)29-21-11-13-30(17-21)23(32)20-7-5-4-6-8-20;/h9-10,12,14-15,20-21H,3-8,11,13,16-17H2,1-2H3,(H2,25,28,29);1H. The van der Waals surface area contributed by atoms with Gasteiger partial charge in [-0.3, -0.25) is 9.36 Å². The molecule has 0 spiro atoms. The number of hydrogen-bond donors (Lipinski definition) is 2. The molecule has 1 aliphatic carbocycles. The molecule has 33 heavy (non-hydrogen) atoms. The van der Waals surface area contributed by atoms with Gasteiger partial charge >= 0.3 is 0 Å². The Morgan fingerprint density at radius 1 is 1.18 bits per heavy atom. The Morgan fingerprint density at radius 2 is 2.00 bits per heavy atom. The second-order valence-electron chi connectivity index (χ2n) is 8.81. The van der Waals surface area contributed by atoms with Crippen LogP contribution in [0.2, 0.25) is 0 Å². The van der Waals surface area contributed by atoms with Gasteiger partial charge in [-0.05, 0) is 44.7 Å². The summed E-state index contributed by atoms with van der Waals surface area (Å²) in [6.45, 7) is 6.96. The highest BCUT2D eigenvalue weighted by Crippen LogP contribution is 2.26. The Kier molecular flexibility index (Phi) is 9.52. The fourth-order valence-electron chi connectivity index (χ4n) is 4.64. The van der Waals surface area contributed by atoms with E-state index in [1.54, 1.807) is 6.20 Å². The van der Waals surface area contributed by atoms with Gasteiger partial charge in [0.15, 0.2) is 5.96 Å². The van der Waals surface area contributed by atoms with E-state index >= 15 is 0 Å². The van der Waals surface area contributed by atoms with E-state index in [1.807, 2.05) is 30.0 Å². The summed E-state index contributed by atoms with van der Waals surface area (Å²) in [6.07, 6.45) is 12.3. The third-order valence-corrected chi connectivity index (χ3v) is 6.44. The van der Waals surface area contributed by atoms with Crippen molar-refractivity contribution >= 4 is 35.8 Å². The second-order valence-corrected chi connectivity index (χ2v) is 8.81. The van der Waals surface area contributed by atoms with E-state index in [2.05, 4.69) is 38.5 Å². The molecule has 1 saturated carbocycles. The number of aromatic nitrogens is 3. The van der Waals surface area contributed by atoms with Crippen molar-refractivity contribution in [2.24, 2.45) is 10.9 Å². The van der Waals surface area contributed by atoms with Crippen LogP contribution in [0, 0.1) is 12.8 Å². The SMILES string of the molecule is CCNC(=NCc1ccc(-n2ccnc2C)nc1)NC1CCN(C(=O)C2CCCCC2)C1.I. The lowest BCUT2D eigenvalue weighted by Crippen LogP contribution is -2.45. The lowest BCUT2D eigenvalue weighted by Gasteiger charge is -2.26. The summed E-state index contributed by atoms with van der Waals surface area (Å²) < 4.78 is 1.96. The molecule has 180 valence electrons. The van der Waals surface area contributed by atoms with Crippen LogP contribution in [-0.4, -0.2) is 57.0 Å². The van der Waals surface area contributed by atoms with Gasteiger partial charge in [0.2, 0.25) is 5.91 Å². The summed E-state index contributed by atoms with van der Waals surface area (Å²) >= 11 is 0. The summed E-state index contributed by atoms with van der Waals surface area (Å²) in [7, 11) is 0. The number of amides is 1. The number of carbonyl (C=O) groups is 1. The molecule has 1 aliphatic heterocycles. The molecule has 3 heterocycles. The number of pyridine rings is 1. The molecule has 2 aliphatic rings. The molecular formula is C24H36IN7O. The molecule has 9 heteroatoms. The van der Waals surface area contributed by atoms with Crippen LogP contribution in [0.4, 0.5) is 0 Å². The highest BCUT2D eigenvalue weighted by molar-refractivity contribution is 14.0. The molecule has 2 fully saturated rings. The molecule has 0 radical (unpaired) electrons. The zero-order valence-electron chi connectivity index (χ0n) is 19.7. The highest BCUT2D eigenvalue weighted by Gasteiger charge is 2.31. The molecule has 1 atom stereocenters. The monoisotopic (exact) mass is 565 g/mol. The maximum Gasteiger partial charge on any atom is 0.225 e. The number of aliphatic imine (C=N–C) groups is 1. The Bertz CT molecular complexity index is 921. The van der Waals surface area contributed by atoms with E-state index in [0.717, 1.165) is 62.1 Å². The van der Waals surface area contributed by atoms with Gasteiger partial charge in [0, 0.05) is 50.2 Å². The normalized spacial score (nSPS) is 19.3. The first-order valence-electron chi connectivity index (χ1n) is 11.9. The minimum Gasteiger partial charge on any atom is -0.357 e. The minimum atomic E-state index is 0. The minimum absolute atomic E-state index is 0. The van der Waals surface area contributed by atoms with Crippen molar-refractivity contribution in [3.8, 4) is 5.82 Å². The lowest BCUT2D eigenvalue weighted by atomic mass is 9.88. The fraction of sp³-hybridized carbons (Fsp3) is 0.583. The number of halogens is 1. The van der Waals surface area contributed by atoms with E-state index in [9.17, 15) is 4.79 Å². The number of nitrogens with zero attached hydrogens (tertiary/aromatic N) is 5. The predicted molar refractivity (Wildman–Crippen MR) is 141 cm³/mol. The lowest BCUT2D eigenvalue weighted by molar-refractivity contribution is -0.135. The summed E-state index contributed by atoms with van der Waals surface area (Å²) in [4.78, 5) is 28.4. The number of guanidine groups is 1. The predicted octanol–water partition coefficient (Wildman–Crippen LogP) is 3.43. The number of aryl methyl sites for hydroxylation is 1. The van der Waals surface area contributed by atoms with Crippen LogP contribution >= 0.6 is 24.0 Å². The van der Waals surface area contributed by atoms with Crippen LogP contribution in [0.25, 0.3) is 5.82 Å². The Labute approximate surface area is 213 Å². The van der Waals surface area contributed by atoms with E-state index in [1.165, 1.54) is 19.3 Å². The largest absolute Gasteiger partial charge is 0.357 e. The zero-order chi connectivity index (χ0) is 22.3. The molecule has 1 saturated heterocycles. The first kappa shape index (κ1) is 25.5. The Hall–Kier alpha value is -2.17. The van der Waals surface area contributed by atoms with E-state index < -0.39 is 0 Å². The van der Waals surface area contributed by atoms with Crippen molar-refractivity contribution in [2.75, 3.05) is 19.6 Å². The molecule has 2 aromatic heterocycles. The first-order chi connectivity index (χ1) is 15.6. The van der Waals surface area contributed by atoms with Gasteiger partial charge in [0.05, 0.1) is 6.54 Å². The van der Waals surface area contributed by atoms with Crippen LogP contribution in [0.3, 0.4) is 0 Å². The maximum absolute atomic E-state index is 12.8. The van der Waals surface area contributed by atoms with Gasteiger partial charge in [-0.1, -0.05) is 25.3 Å². The molecule has 2 N–H and O–H groups in total. The van der Waals surface area contributed by atoms with Crippen molar-refractivity contribution in [1.82, 2.24) is 30.1 Å².